The number of hydrogen-bond donors (Lipinski definition) is 1. The molecule has 12 heavy (non-hydrogen) atoms. The molecule has 0 aromatic rings. The highest BCUT2D eigenvalue weighted by molar-refractivity contribution is 4.85. The van der Waals surface area contributed by atoms with Crippen LogP contribution in [0.25, 0.3) is 0 Å². The Morgan fingerprint density at radius 1 is 1.50 bits per heavy atom. The molecule has 0 aromatic carbocycles. The van der Waals surface area contributed by atoms with E-state index < -0.39 is 0 Å². The molecule has 2 aliphatic rings. The van der Waals surface area contributed by atoms with Crippen molar-refractivity contribution in [3.8, 4) is 0 Å². The number of rotatable bonds is 0. The summed E-state index contributed by atoms with van der Waals surface area (Å²) in [7, 11) is 2.22. The van der Waals surface area contributed by atoms with Gasteiger partial charge in [0, 0.05) is 25.0 Å². The van der Waals surface area contributed by atoms with Gasteiger partial charge in [-0.3, -0.25) is 0 Å². The summed E-state index contributed by atoms with van der Waals surface area (Å²) in [6.07, 6.45) is 1.28. The summed E-state index contributed by atoms with van der Waals surface area (Å²) in [6.45, 7) is 5.26. The second-order valence-corrected chi connectivity index (χ2v) is 3.88. The van der Waals surface area contributed by atoms with Crippen molar-refractivity contribution in [1.29, 1.82) is 0 Å². The van der Waals surface area contributed by atoms with E-state index in [0.29, 0.717) is 5.92 Å². The Morgan fingerprint density at radius 2 is 2.42 bits per heavy atom. The lowest BCUT2D eigenvalue weighted by molar-refractivity contribution is 0.106. The van der Waals surface area contributed by atoms with Crippen LogP contribution in [0, 0.1) is 5.92 Å². The molecule has 3 nitrogen and oxygen atoms in total. The number of hydrogen-bond acceptors (Lipinski definition) is 3. The Morgan fingerprint density at radius 3 is 3.33 bits per heavy atom. The average Bonchev–Trinajstić information content (AvgIpc) is 2.29. The van der Waals surface area contributed by atoms with Crippen LogP contribution in [0.1, 0.15) is 6.42 Å². The maximum atomic E-state index is 5.55. The van der Waals surface area contributed by atoms with Gasteiger partial charge >= 0.3 is 0 Å². The minimum atomic E-state index is 0.714. The molecule has 2 fully saturated rings. The standard InChI is InChI=1S/C9H18N2O/c1-11-4-5-12-7-8-6-10-3-2-9(8)11/h8-10H,2-7H2,1H3/t8-,9+/m1/s1. The summed E-state index contributed by atoms with van der Waals surface area (Å²) in [5.74, 6) is 0.714. The predicted molar refractivity (Wildman–Crippen MR) is 48.2 cm³/mol. The second kappa shape index (κ2) is 3.73. The Hall–Kier alpha value is -0.120. The monoisotopic (exact) mass is 170 g/mol. The van der Waals surface area contributed by atoms with Crippen molar-refractivity contribution < 1.29 is 4.74 Å². The average molecular weight is 170 g/mol. The highest BCUT2D eigenvalue weighted by Gasteiger charge is 2.29. The first-order valence-corrected chi connectivity index (χ1v) is 4.86. The number of nitrogens with zero attached hydrogens (tertiary/aromatic N) is 1. The number of likely N-dealkylation sites (N-methyl/N-ethyl adjacent to an activating group) is 1. The molecule has 2 aliphatic heterocycles. The van der Waals surface area contributed by atoms with Crippen LogP contribution < -0.4 is 5.32 Å². The van der Waals surface area contributed by atoms with Crippen molar-refractivity contribution in [2.45, 2.75) is 12.5 Å². The van der Waals surface area contributed by atoms with Gasteiger partial charge in [-0.05, 0) is 20.0 Å². The molecule has 3 heteroatoms. The van der Waals surface area contributed by atoms with Crippen LogP contribution in [-0.2, 0) is 4.74 Å². The zero-order valence-corrected chi connectivity index (χ0v) is 7.75. The van der Waals surface area contributed by atoms with Crippen molar-refractivity contribution in [3.05, 3.63) is 0 Å². The third-order valence-corrected chi connectivity index (χ3v) is 3.05. The highest BCUT2D eigenvalue weighted by atomic mass is 16.5. The highest BCUT2D eigenvalue weighted by Crippen LogP contribution is 2.19. The van der Waals surface area contributed by atoms with Gasteiger partial charge in [-0.15, -0.1) is 0 Å². The first-order valence-electron chi connectivity index (χ1n) is 4.86. The van der Waals surface area contributed by atoms with Crippen LogP contribution >= 0.6 is 0 Å². The van der Waals surface area contributed by atoms with Gasteiger partial charge in [0.25, 0.3) is 0 Å². The van der Waals surface area contributed by atoms with Crippen LogP contribution in [0.5, 0.6) is 0 Å². The molecule has 2 saturated heterocycles. The van der Waals surface area contributed by atoms with Gasteiger partial charge in [0.15, 0.2) is 0 Å². The van der Waals surface area contributed by atoms with E-state index in [1.54, 1.807) is 0 Å². The van der Waals surface area contributed by atoms with Gasteiger partial charge in [-0.25, -0.2) is 0 Å². The summed E-state index contributed by atoms with van der Waals surface area (Å²) < 4.78 is 5.55. The van der Waals surface area contributed by atoms with Crippen molar-refractivity contribution in [1.82, 2.24) is 10.2 Å². The minimum absolute atomic E-state index is 0.714. The molecule has 0 unspecified atom stereocenters. The molecule has 0 bridgehead atoms. The van der Waals surface area contributed by atoms with Gasteiger partial charge in [-0.2, -0.15) is 0 Å². The fourth-order valence-corrected chi connectivity index (χ4v) is 2.27. The SMILES string of the molecule is CN1CCOC[C@H]2CNCC[C@@H]21. The molecule has 0 radical (unpaired) electrons. The first kappa shape index (κ1) is 8.48. The largest absolute Gasteiger partial charge is 0.380 e. The van der Waals surface area contributed by atoms with Crippen LogP contribution in [0.15, 0.2) is 0 Å². The van der Waals surface area contributed by atoms with E-state index in [1.807, 2.05) is 0 Å². The number of piperidine rings is 1. The van der Waals surface area contributed by atoms with Gasteiger partial charge in [0.05, 0.1) is 13.2 Å². The quantitative estimate of drug-likeness (QED) is 0.550. The number of fused-ring (bicyclic) bond motifs is 1. The smallest absolute Gasteiger partial charge is 0.0593 e. The Bertz CT molecular complexity index is 151. The second-order valence-electron chi connectivity index (χ2n) is 3.88. The van der Waals surface area contributed by atoms with Crippen LogP contribution in [0.2, 0.25) is 0 Å². The lowest BCUT2D eigenvalue weighted by atomic mass is 9.93. The molecular weight excluding hydrogens is 152 g/mol. The van der Waals surface area contributed by atoms with E-state index >= 15 is 0 Å². The molecule has 0 saturated carbocycles. The van der Waals surface area contributed by atoms with Crippen LogP contribution in [0.3, 0.4) is 0 Å². The normalized spacial score (nSPS) is 38.8. The van der Waals surface area contributed by atoms with Crippen molar-refractivity contribution in [2.75, 3.05) is 39.9 Å². The summed E-state index contributed by atoms with van der Waals surface area (Å²) in [5, 5.41) is 3.43. The van der Waals surface area contributed by atoms with E-state index in [4.69, 9.17) is 4.74 Å². The maximum Gasteiger partial charge on any atom is 0.0593 e. The van der Waals surface area contributed by atoms with Crippen LogP contribution in [-0.4, -0.2) is 50.8 Å². The molecule has 0 aliphatic carbocycles. The predicted octanol–water partition coefficient (Wildman–Crippen LogP) is -0.0735. The van der Waals surface area contributed by atoms with Gasteiger partial charge in [0.2, 0.25) is 0 Å². The van der Waals surface area contributed by atoms with Crippen molar-refractivity contribution in [3.63, 3.8) is 0 Å². The molecule has 1 N–H and O–H groups in total. The Kier molecular flexibility index (Phi) is 2.63. The summed E-state index contributed by atoms with van der Waals surface area (Å²) >= 11 is 0. The lowest BCUT2D eigenvalue weighted by Gasteiger charge is -2.35. The van der Waals surface area contributed by atoms with Crippen molar-refractivity contribution >= 4 is 0 Å². The third kappa shape index (κ3) is 1.63. The summed E-state index contributed by atoms with van der Waals surface area (Å²) in [5.41, 5.74) is 0. The fourth-order valence-electron chi connectivity index (χ4n) is 2.27. The molecule has 0 aromatic heterocycles. The topological polar surface area (TPSA) is 24.5 Å². The molecule has 70 valence electrons. The van der Waals surface area contributed by atoms with E-state index in [-0.39, 0.29) is 0 Å². The van der Waals surface area contributed by atoms with E-state index in [0.717, 1.165) is 32.3 Å². The number of ether oxygens (including phenoxy) is 1. The van der Waals surface area contributed by atoms with E-state index in [1.165, 1.54) is 13.0 Å². The first-order chi connectivity index (χ1) is 5.88. The van der Waals surface area contributed by atoms with Gasteiger partial charge < -0.3 is 15.0 Å². The lowest BCUT2D eigenvalue weighted by Crippen LogP contribution is -2.48. The summed E-state index contributed by atoms with van der Waals surface area (Å²) in [4.78, 5) is 2.46. The minimum Gasteiger partial charge on any atom is -0.380 e. The maximum absolute atomic E-state index is 5.55. The molecule has 0 spiro atoms. The molecule has 2 atom stereocenters. The van der Waals surface area contributed by atoms with E-state index in [2.05, 4.69) is 17.3 Å². The molecule has 2 heterocycles. The number of nitrogens with one attached hydrogen (secondary N) is 1. The fraction of sp³-hybridized carbons (Fsp3) is 1.00. The van der Waals surface area contributed by atoms with Gasteiger partial charge in [0.1, 0.15) is 0 Å². The van der Waals surface area contributed by atoms with Gasteiger partial charge in [-0.1, -0.05) is 0 Å². The summed E-state index contributed by atoms with van der Waals surface area (Å²) in [6, 6.07) is 0.758. The molecular formula is C9H18N2O. The Labute approximate surface area is 74.1 Å². The Balaban J connectivity index is 2.01. The zero-order chi connectivity index (χ0) is 8.39. The molecule has 0 amide bonds. The van der Waals surface area contributed by atoms with E-state index in [9.17, 15) is 0 Å². The van der Waals surface area contributed by atoms with Crippen molar-refractivity contribution in [2.24, 2.45) is 5.92 Å². The zero-order valence-electron chi connectivity index (χ0n) is 7.75. The third-order valence-electron chi connectivity index (χ3n) is 3.05. The van der Waals surface area contributed by atoms with Crippen LogP contribution in [0.4, 0.5) is 0 Å². The molecule has 2 rings (SSSR count).